The fourth-order valence-electron chi connectivity index (χ4n) is 1.88. The Morgan fingerprint density at radius 1 is 1.21 bits per heavy atom. The number of hydrogen-bond acceptors (Lipinski definition) is 3. The summed E-state index contributed by atoms with van der Waals surface area (Å²) in [6.07, 6.45) is 3.89. The van der Waals surface area contributed by atoms with Crippen LogP contribution >= 0.6 is 11.3 Å². The van der Waals surface area contributed by atoms with Gasteiger partial charge < -0.3 is 5.32 Å². The third kappa shape index (κ3) is 6.71. The molecule has 3 heteroatoms. The van der Waals surface area contributed by atoms with Crippen molar-refractivity contribution in [3.63, 3.8) is 0 Å². The van der Waals surface area contributed by atoms with Crippen LogP contribution in [0.5, 0.6) is 0 Å². The minimum Gasteiger partial charge on any atom is -0.312 e. The average molecular weight is 278 g/mol. The van der Waals surface area contributed by atoms with Crippen molar-refractivity contribution in [2.24, 2.45) is 5.92 Å². The molecule has 1 aromatic rings. The van der Waals surface area contributed by atoms with E-state index < -0.39 is 0 Å². The van der Waals surface area contributed by atoms with Gasteiger partial charge in [0.05, 0.1) is 0 Å². The lowest BCUT2D eigenvalue weighted by Crippen LogP contribution is -2.22. The van der Waals surface area contributed by atoms with Crippen molar-refractivity contribution in [1.29, 1.82) is 0 Å². The molecule has 0 bridgehead atoms. The van der Waals surface area contributed by atoms with Crippen molar-refractivity contribution >= 4 is 11.3 Å². The first kappa shape index (κ1) is 16.2. The van der Waals surface area contributed by atoms with Gasteiger partial charge in [-0.3, -0.25) is 4.90 Å². The number of nitrogens with zero attached hydrogens (tertiary/aromatic N) is 1. The lowest BCUT2D eigenvalue weighted by atomic mass is 10.2. The van der Waals surface area contributed by atoms with Gasteiger partial charge in [-0.2, -0.15) is 0 Å². The minimum absolute atomic E-state index is 0.704. The molecule has 0 saturated carbocycles. The molecule has 0 spiro atoms. The molecule has 0 amide bonds. The van der Waals surface area contributed by atoms with Crippen molar-refractivity contribution in [2.75, 3.05) is 19.6 Å². The molecule has 1 heterocycles. The van der Waals surface area contributed by atoms with Gasteiger partial charge >= 0.3 is 0 Å². The highest BCUT2D eigenvalue weighted by Crippen LogP contribution is 2.18. The van der Waals surface area contributed by atoms with Crippen LogP contribution in [0, 0.1) is 5.92 Å². The fraction of sp³-hybridized carbons (Fsp3) is 0.500. The number of hydrogen-bond donors (Lipinski definition) is 1. The highest BCUT2D eigenvalue weighted by atomic mass is 32.1. The molecule has 1 N–H and O–H groups in total. The predicted octanol–water partition coefficient (Wildman–Crippen LogP) is 3.67. The Hall–Kier alpha value is -0.900. The molecular weight excluding hydrogens is 252 g/mol. The molecule has 0 fully saturated rings. The molecule has 106 valence electrons. The second-order valence-electron chi connectivity index (χ2n) is 5.16. The zero-order valence-corrected chi connectivity index (χ0v) is 13.0. The maximum absolute atomic E-state index is 3.80. The van der Waals surface area contributed by atoms with E-state index in [1.165, 1.54) is 9.75 Å². The molecule has 0 unspecified atom stereocenters. The summed E-state index contributed by atoms with van der Waals surface area (Å²) in [7, 11) is 0. The van der Waals surface area contributed by atoms with E-state index in [4.69, 9.17) is 0 Å². The van der Waals surface area contributed by atoms with Crippen LogP contribution in [0.2, 0.25) is 0 Å². The molecule has 1 rings (SSSR count). The van der Waals surface area contributed by atoms with E-state index in [1.807, 2.05) is 23.5 Å². The summed E-state index contributed by atoms with van der Waals surface area (Å²) in [6.45, 7) is 16.9. The largest absolute Gasteiger partial charge is 0.312 e. The molecule has 0 aliphatic heterocycles. The molecule has 0 aliphatic rings. The van der Waals surface area contributed by atoms with Crippen LogP contribution in [0.15, 0.2) is 37.4 Å². The summed E-state index contributed by atoms with van der Waals surface area (Å²) in [5, 5.41) is 3.48. The Labute approximate surface area is 121 Å². The summed E-state index contributed by atoms with van der Waals surface area (Å²) in [4.78, 5) is 5.15. The van der Waals surface area contributed by atoms with Crippen LogP contribution in [-0.4, -0.2) is 24.5 Å². The summed E-state index contributed by atoms with van der Waals surface area (Å²) in [5.41, 5.74) is 0. The normalized spacial score (nSPS) is 11.2. The molecule has 2 nitrogen and oxygen atoms in total. The van der Waals surface area contributed by atoms with E-state index >= 15 is 0 Å². The first-order chi connectivity index (χ1) is 9.15. The van der Waals surface area contributed by atoms with Crippen molar-refractivity contribution in [2.45, 2.75) is 26.9 Å². The Balaban J connectivity index is 2.44. The number of thiophene rings is 1. The Morgan fingerprint density at radius 2 is 1.84 bits per heavy atom. The second kappa shape index (κ2) is 9.08. The second-order valence-corrected chi connectivity index (χ2v) is 6.42. The van der Waals surface area contributed by atoms with Gasteiger partial charge in [0.2, 0.25) is 0 Å². The Morgan fingerprint density at radius 3 is 2.42 bits per heavy atom. The van der Waals surface area contributed by atoms with E-state index in [1.54, 1.807) is 0 Å². The summed E-state index contributed by atoms with van der Waals surface area (Å²) in [6, 6.07) is 4.46. The molecule has 0 radical (unpaired) electrons. The number of rotatable bonds is 10. The quantitative estimate of drug-likeness (QED) is 0.657. The molecule has 1 aromatic heterocycles. The van der Waals surface area contributed by atoms with Crippen molar-refractivity contribution in [3.8, 4) is 0 Å². The zero-order chi connectivity index (χ0) is 14.1. The Bertz CT molecular complexity index is 372. The molecule has 0 aliphatic carbocycles. The summed E-state index contributed by atoms with van der Waals surface area (Å²) < 4.78 is 0. The maximum atomic E-state index is 3.80. The van der Waals surface area contributed by atoms with Crippen LogP contribution in [0.25, 0.3) is 0 Å². The van der Waals surface area contributed by atoms with E-state index in [-0.39, 0.29) is 0 Å². The summed E-state index contributed by atoms with van der Waals surface area (Å²) in [5.74, 6) is 0.704. The topological polar surface area (TPSA) is 15.3 Å². The van der Waals surface area contributed by atoms with Crippen LogP contribution in [0.3, 0.4) is 0 Å². The third-order valence-corrected chi connectivity index (χ3v) is 3.79. The van der Waals surface area contributed by atoms with Crippen molar-refractivity contribution in [3.05, 3.63) is 47.2 Å². The SMILES string of the molecule is C=CCN(CC=C)Cc1ccc(CNCC(C)C)s1. The van der Waals surface area contributed by atoms with Gasteiger partial charge in [-0.25, -0.2) is 0 Å². The number of nitrogens with one attached hydrogen (secondary N) is 1. The lowest BCUT2D eigenvalue weighted by molar-refractivity contribution is 0.331. The van der Waals surface area contributed by atoms with Gasteiger partial charge in [0.25, 0.3) is 0 Å². The van der Waals surface area contributed by atoms with E-state index in [0.29, 0.717) is 5.92 Å². The van der Waals surface area contributed by atoms with Crippen molar-refractivity contribution in [1.82, 2.24) is 10.2 Å². The highest BCUT2D eigenvalue weighted by Gasteiger charge is 2.05. The minimum atomic E-state index is 0.704. The van der Waals surface area contributed by atoms with E-state index in [2.05, 4.69) is 49.4 Å². The van der Waals surface area contributed by atoms with E-state index in [9.17, 15) is 0 Å². The third-order valence-electron chi connectivity index (χ3n) is 2.72. The average Bonchev–Trinajstić information content (AvgIpc) is 2.77. The highest BCUT2D eigenvalue weighted by molar-refractivity contribution is 7.11. The van der Waals surface area contributed by atoms with Gasteiger partial charge in [0.15, 0.2) is 0 Å². The molecule has 0 atom stereocenters. The monoisotopic (exact) mass is 278 g/mol. The first-order valence-electron chi connectivity index (χ1n) is 6.88. The maximum Gasteiger partial charge on any atom is 0.0334 e. The van der Waals surface area contributed by atoms with Crippen LogP contribution < -0.4 is 5.32 Å². The molecular formula is C16H26N2S. The molecule has 0 aromatic carbocycles. The van der Waals surface area contributed by atoms with Gasteiger partial charge in [0.1, 0.15) is 0 Å². The van der Waals surface area contributed by atoms with Gasteiger partial charge in [-0.1, -0.05) is 26.0 Å². The Kier molecular flexibility index (Phi) is 7.72. The van der Waals surface area contributed by atoms with Gasteiger partial charge in [-0.15, -0.1) is 24.5 Å². The molecule has 19 heavy (non-hydrogen) atoms. The molecule has 0 saturated heterocycles. The van der Waals surface area contributed by atoms with Gasteiger partial charge in [0, 0.05) is 35.9 Å². The fourth-order valence-corrected chi connectivity index (χ4v) is 2.91. The van der Waals surface area contributed by atoms with Crippen LogP contribution in [-0.2, 0) is 13.1 Å². The zero-order valence-electron chi connectivity index (χ0n) is 12.2. The standard InChI is InChI=1S/C16H26N2S/c1-5-9-18(10-6-2)13-16-8-7-15(19-16)12-17-11-14(3)4/h5-8,14,17H,1-2,9-13H2,3-4H3. The summed E-state index contributed by atoms with van der Waals surface area (Å²) >= 11 is 1.89. The van der Waals surface area contributed by atoms with Crippen LogP contribution in [0.1, 0.15) is 23.6 Å². The lowest BCUT2D eigenvalue weighted by Gasteiger charge is -2.17. The van der Waals surface area contributed by atoms with Crippen molar-refractivity contribution < 1.29 is 0 Å². The van der Waals surface area contributed by atoms with E-state index in [0.717, 1.165) is 32.7 Å². The first-order valence-corrected chi connectivity index (χ1v) is 7.69. The van der Waals surface area contributed by atoms with Crippen LogP contribution in [0.4, 0.5) is 0 Å². The van der Waals surface area contributed by atoms with Gasteiger partial charge in [-0.05, 0) is 24.6 Å². The predicted molar refractivity (Wildman–Crippen MR) is 86.5 cm³/mol. The smallest absolute Gasteiger partial charge is 0.0334 e.